The van der Waals surface area contributed by atoms with E-state index in [1.54, 1.807) is 37.4 Å². The Balaban J connectivity index is 1.88. The second-order valence-corrected chi connectivity index (χ2v) is 7.20. The van der Waals surface area contributed by atoms with Crippen LogP contribution in [-0.2, 0) is 9.59 Å². The van der Waals surface area contributed by atoms with Crippen molar-refractivity contribution in [1.82, 2.24) is 4.98 Å². The third kappa shape index (κ3) is 4.35. The molecule has 0 saturated carbocycles. The molecule has 7 heteroatoms. The number of aliphatic carboxylic acids is 1. The Morgan fingerprint density at radius 3 is 2.48 bits per heavy atom. The highest BCUT2D eigenvalue weighted by Gasteiger charge is 2.28. The lowest BCUT2D eigenvalue weighted by atomic mass is 9.94. The highest BCUT2D eigenvalue weighted by Crippen LogP contribution is 2.33. The van der Waals surface area contributed by atoms with Crippen molar-refractivity contribution in [1.29, 1.82) is 0 Å². The zero-order valence-electron chi connectivity index (χ0n) is 14.5. The number of benzene rings is 2. The van der Waals surface area contributed by atoms with E-state index < -0.39 is 11.9 Å². The van der Waals surface area contributed by atoms with E-state index >= 15 is 0 Å². The topological polar surface area (TPSA) is 70.5 Å². The Hall–Kier alpha value is -2.70. The van der Waals surface area contributed by atoms with Crippen molar-refractivity contribution >= 4 is 39.9 Å². The lowest BCUT2D eigenvalue weighted by molar-refractivity contribution is -0.139. The number of anilines is 1. The lowest BCUT2D eigenvalue weighted by Crippen LogP contribution is -2.32. The Kier molecular flexibility index (Phi) is 5.88. The minimum absolute atomic E-state index is 0.282. The van der Waals surface area contributed by atoms with E-state index in [4.69, 9.17) is 11.6 Å². The second kappa shape index (κ2) is 8.33. The van der Waals surface area contributed by atoms with E-state index in [1.807, 2.05) is 29.6 Å². The first-order chi connectivity index (χ1) is 13.0. The summed E-state index contributed by atoms with van der Waals surface area (Å²) in [6, 6.07) is 16.3. The summed E-state index contributed by atoms with van der Waals surface area (Å²) in [6.45, 7) is 0. The van der Waals surface area contributed by atoms with Gasteiger partial charge in [-0.25, -0.2) is 4.98 Å². The molecule has 3 rings (SSSR count). The van der Waals surface area contributed by atoms with Gasteiger partial charge in [0.05, 0.1) is 18.0 Å². The molecule has 0 spiro atoms. The molecule has 1 heterocycles. The average molecular weight is 401 g/mol. The molecular formula is C20H17ClN2O3S. The molecule has 0 fully saturated rings. The van der Waals surface area contributed by atoms with Gasteiger partial charge in [0.25, 0.3) is 0 Å². The molecule has 5 nitrogen and oxygen atoms in total. The maximum absolute atomic E-state index is 13.0. The van der Waals surface area contributed by atoms with Crippen LogP contribution in [0.2, 0.25) is 5.02 Å². The molecule has 1 aromatic heterocycles. The van der Waals surface area contributed by atoms with Gasteiger partial charge in [-0.2, -0.15) is 0 Å². The summed E-state index contributed by atoms with van der Waals surface area (Å²) in [7, 11) is 1.61. The van der Waals surface area contributed by atoms with E-state index in [9.17, 15) is 14.7 Å². The van der Waals surface area contributed by atoms with Crippen LogP contribution in [0.5, 0.6) is 0 Å². The van der Waals surface area contributed by atoms with Gasteiger partial charge in [0, 0.05) is 23.0 Å². The van der Waals surface area contributed by atoms with Crippen LogP contribution in [0, 0.1) is 0 Å². The van der Waals surface area contributed by atoms with Gasteiger partial charge in [-0.15, -0.1) is 11.3 Å². The van der Waals surface area contributed by atoms with Crippen LogP contribution in [-0.4, -0.2) is 29.0 Å². The van der Waals surface area contributed by atoms with Crippen molar-refractivity contribution in [3.8, 4) is 11.3 Å². The number of nitrogens with zero attached hydrogens (tertiary/aromatic N) is 2. The highest BCUT2D eigenvalue weighted by atomic mass is 35.5. The standard InChI is InChI=1S/C20H17ClN2O3S/c1-23(19(26)15(11-18(24)25)13-7-3-2-4-8-13)20-22-17(12-27-20)14-9-5-6-10-16(14)21/h2-10,12,15H,11H2,1H3,(H,24,25). The number of carbonyl (C=O) groups is 2. The fraction of sp³-hybridized carbons (Fsp3) is 0.150. The minimum Gasteiger partial charge on any atom is -0.481 e. The maximum Gasteiger partial charge on any atom is 0.304 e. The first-order valence-electron chi connectivity index (χ1n) is 8.22. The molecule has 27 heavy (non-hydrogen) atoms. The van der Waals surface area contributed by atoms with Gasteiger partial charge in [-0.3, -0.25) is 14.5 Å². The van der Waals surface area contributed by atoms with Gasteiger partial charge in [0.15, 0.2) is 5.13 Å². The molecule has 0 aliphatic heterocycles. The summed E-state index contributed by atoms with van der Waals surface area (Å²) in [5.41, 5.74) is 2.13. The van der Waals surface area contributed by atoms with Gasteiger partial charge >= 0.3 is 5.97 Å². The predicted octanol–water partition coefficient (Wildman–Crippen LogP) is 4.68. The van der Waals surface area contributed by atoms with Gasteiger partial charge in [0.1, 0.15) is 0 Å². The Morgan fingerprint density at radius 2 is 1.81 bits per heavy atom. The number of thiazole rings is 1. The smallest absolute Gasteiger partial charge is 0.304 e. The van der Waals surface area contributed by atoms with Crippen molar-refractivity contribution < 1.29 is 14.7 Å². The summed E-state index contributed by atoms with van der Waals surface area (Å²) in [5.74, 6) is -2.12. The maximum atomic E-state index is 13.0. The first-order valence-corrected chi connectivity index (χ1v) is 9.48. The molecule has 0 radical (unpaired) electrons. The van der Waals surface area contributed by atoms with Gasteiger partial charge in [-0.05, 0) is 11.6 Å². The molecule has 1 atom stereocenters. The van der Waals surface area contributed by atoms with Crippen LogP contribution in [0.25, 0.3) is 11.3 Å². The minimum atomic E-state index is -1.03. The summed E-state index contributed by atoms with van der Waals surface area (Å²) in [4.78, 5) is 30.2. The van der Waals surface area contributed by atoms with Crippen LogP contribution < -0.4 is 4.90 Å². The fourth-order valence-corrected chi connectivity index (χ4v) is 3.78. The van der Waals surface area contributed by atoms with Gasteiger partial charge in [-0.1, -0.05) is 60.1 Å². The quantitative estimate of drug-likeness (QED) is 0.651. The van der Waals surface area contributed by atoms with Crippen LogP contribution in [0.15, 0.2) is 60.0 Å². The Morgan fingerprint density at radius 1 is 1.15 bits per heavy atom. The summed E-state index contributed by atoms with van der Waals surface area (Å²) < 4.78 is 0. The highest BCUT2D eigenvalue weighted by molar-refractivity contribution is 7.14. The van der Waals surface area contributed by atoms with E-state index in [1.165, 1.54) is 16.2 Å². The van der Waals surface area contributed by atoms with Crippen molar-refractivity contribution in [3.05, 3.63) is 70.6 Å². The molecular weight excluding hydrogens is 384 g/mol. The third-order valence-electron chi connectivity index (χ3n) is 4.14. The zero-order chi connectivity index (χ0) is 19.4. The van der Waals surface area contributed by atoms with Gasteiger partial charge < -0.3 is 5.11 Å². The Bertz CT molecular complexity index is 959. The fourth-order valence-electron chi connectivity index (χ4n) is 2.75. The van der Waals surface area contributed by atoms with Crippen molar-refractivity contribution in [2.24, 2.45) is 0 Å². The van der Waals surface area contributed by atoms with Crippen molar-refractivity contribution in [2.75, 3.05) is 11.9 Å². The first kappa shape index (κ1) is 19.1. The van der Waals surface area contributed by atoms with Crippen LogP contribution in [0.4, 0.5) is 5.13 Å². The number of likely N-dealkylation sites (N-methyl/N-ethyl adjacent to an activating group) is 1. The summed E-state index contributed by atoms with van der Waals surface area (Å²) in [6.07, 6.45) is -0.282. The second-order valence-electron chi connectivity index (χ2n) is 5.95. The van der Waals surface area contributed by atoms with E-state index in [0.717, 1.165) is 5.56 Å². The monoisotopic (exact) mass is 400 g/mol. The number of hydrogen-bond acceptors (Lipinski definition) is 4. The van der Waals surface area contributed by atoms with Crippen molar-refractivity contribution in [2.45, 2.75) is 12.3 Å². The van der Waals surface area contributed by atoms with E-state index in [-0.39, 0.29) is 12.3 Å². The predicted molar refractivity (Wildman–Crippen MR) is 107 cm³/mol. The van der Waals surface area contributed by atoms with Crippen LogP contribution in [0.1, 0.15) is 17.9 Å². The number of rotatable bonds is 6. The molecule has 1 N–H and O–H groups in total. The number of halogens is 1. The lowest BCUT2D eigenvalue weighted by Gasteiger charge is -2.21. The zero-order valence-corrected chi connectivity index (χ0v) is 16.1. The largest absolute Gasteiger partial charge is 0.481 e. The Labute approximate surface area is 165 Å². The number of amides is 1. The normalized spacial score (nSPS) is 11.8. The van der Waals surface area contributed by atoms with E-state index in [0.29, 0.717) is 21.4 Å². The van der Waals surface area contributed by atoms with Crippen LogP contribution >= 0.6 is 22.9 Å². The molecule has 2 aromatic carbocycles. The summed E-state index contributed by atoms with van der Waals surface area (Å²) >= 11 is 7.53. The molecule has 1 amide bonds. The van der Waals surface area contributed by atoms with Crippen molar-refractivity contribution in [3.63, 3.8) is 0 Å². The number of carboxylic acids is 1. The van der Waals surface area contributed by atoms with E-state index in [2.05, 4.69) is 4.98 Å². The average Bonchev–Trinajstić information content (AvgIpc) is 3.16. The molecule has 1 unspecified atom stereocenters. The molecule has 138 valence electrons. The molecule has 0 saturated heterocycles. The van der Waals surface area contributed by atoms with Crippen LogP contribution in [0.3, 0.4) is 0 Å². The number of carboxylic acid groups (broad SMARTS) is 1. The number of carbonyl (C=O) groups excluding carboxylic acids is 1. The summed E-state index contributed by atoms with van der Waals surface area (Å²) in [5, 5.41) is 12.1. The third-order valence-corrected chi connectivity index (χ3v) is 5.38. The molecule has 0 aliphatic rings. The number of aromatic nitrogens is 1. The number of hydrogen-bond donors (Lipinski definition) is 1. The molecule has 0 bridgehead atoms. The SMILES string of the molecule is CN(C(=O)C(CC(=O)O)c1ccccc1)c1nc(-c2ccccc2Cl)cs1. The molecule has 0 aliphatic carbocycles. The van der Waals surface area contributed by atoms with Gasteiger partial charge in [0.2, 0.25) is 5.91 Å². The molecule has 3 aromatic rings.